The first-order valence-corrected chi connectivity index (χ1v) is 10.7. The molecule has 0 aliphatic carbocycles. The van der Waals surface area contributed by atoms with Gasteiger partial charge in [0.15, 0.2) is 5.60 Å². The number of carbonyl (C=O) groups is 1. The van der Waals surface area contributed by atoms with E-state index in [-0.39, 0.29) is 29.9 Å². The zero-order chi connectivity index (χ0) is 25.0. The Morgan fingerprint density at radius 3 is 2.60 bits per heavy atom. The molecular formula is C23H19F3N4O5. The molecule has 0 saturated carbocycles. The maximum absolute atomic E-state index is 13.3. The molecule has 35 heavy (non-hydrogen) atoms. The van der Waals surface area contributed by atoms with Crippen molar-refractivity contribution in [2.75, 3.05) is 11.4 Å². The molecule has 9 nitrogen and oxygen atoms in total. The zero-order valence-electron chi connectivity index (χ0n) is 18.4. The first kappa shape index (κ1) is 22.7. The summed E-state index contributed by atoms with van der Waals surface area (Å²) in [7, 11) is 0. The topological polar surface area (TPSA) is 99.7 Å². The maximum Gasteiger partial charge on any atom is 0.573 e. The smallest absolute Gasteiger partial charge is 0.429 e. The van der Waals surface area contributed by atoms with Gasteiger partial charge in [-0.25, -0.2) is 0 Å². The third-order valence-electron chi connectivity index (χ3n) is 6.10. The number of imidazole rings is 1. The monoisotopic (exact) mass is 488 g/mol. The van der Waals surface area contributed by atoms with Crippen molar-refractivity contribution in [3.63, 3.8) is 0 Å². The molecule has 3 aromatic rings. The van der Waals surface area contributed by atoms with E-state index in [1.807, 2.05) is 17.0 Å². The summed E-state index contributed by atoms with van der Waals surface area (Å²) in [5, 5.41) is 10.9. The van der Waals surface area contributed by atoms with Gasteiger partial charge in [0.25, 0.3) is 0 Å². The van der Waals surface area contributed by atoms with Gasteiger partial charge in [-0.05, 0) is 59.7 Å². The second-order valence-corrected chi connectivity index (χ2v) is 8.63. The van der Waals surface area contributed by atoms with Crippen molar-refractivity contribution in [1.29, 1.82) is 0 Å². The summed E-state index contributed by atoms with van der Waals surface area (Å²) >= 11 is 0. The van der Waals surface area contributed by atoms with E-state index in [0.29, 0.717) is 25.1 Å². The lowest BCUT2D eigenvalue weighted by Crippen LogP contribution is -2.41. The number of carbonyl (C=O) groups excluding carboxylic acids is 1. The molecule has 5 rings (SSSR count). The third-order valence-corrected chi connectivity index (χ3v) is 6.10. The Kier molecular flexibility index (Phi) is 5.18. The zero-order valence-corrected chi connectivity index (χ0v) is 18.4. The summed E-state index contributed by atoms with van der Waals surface area (Å²) in [5.74, 6) is -0.868. The van der Waals surface area contributed by atoms with Gasteiger partial charge in [-0.1, -0.05) is 12.1 Å². The summed E-state index contributed by atoms with van der Waals surface area (Å²) in [4.78, 5) is 29.4. The highest BCUT2D eigenvalue weighted by atomic mass is 19.4. The minimum Gasteiger partial charge on any atom is -0.429 e. The third kappa shape index (κ3) is 4.38. The van der Waals surface area contributed by atoms with Gasteiger partial charge >= 0.3 is 18.2 Å². The predicted octanol–water partition coefficient (Wildman–Crippen LogP) is 4.29. The molecule has 1 atom stereocenters. The van der Waals surface area contributed by atoms with Crippen molar-refractivity contribution in [3.05, 3.63) is 75.5 Å². The highest BCUT2D eigenvalue weighted by Crippen LogP contribution is 2.34. The molecular weight excluding hydrogens is 469 g/mol. The number of Topliss-reactive ketones (excluding diaryl/α,β-unsaturated/α-hetero) is 1. The molecule has 182 valence electrons. The van der Waals surface area contributed by atoms with E-state index in [0.717, 1.165) is 16.8 Å². The summed E-state index contributed by atoms with van der Waals surface area (Å²) < 4.78 is 48.2. The molecule has 0 spiro atoms. The maximum atomic E-state index is 13.3. The van der Waals surface area contributed by atoms with Crippen LogP contribution in [0.25, 0.3) is 0 Å². The Hall–Kier alpha value is -4.09. The molecule has 0 N–H and O–H groups in total. The molecule has 0 fully saturated rings. The van der Waals surface area contributed by atoms with Crippen molar-refractivity contribution in [2.45, 2.75) is 38.4 Å². The predicted molar refractivity (Wildman–Crippen MR) is 117 cm³/mol. The standard InChI is InChI=1S/C23H19F3N4O5/c1-22(13-29-12-19(30(32)33)27-21(29)35-22)20(31)15-2-3-16-11-28(9-8-14(16)10-15)17-4-6-18(7-5-17)34-23(24,25)26/h2-7,10,12H,8-9,11,13H2,1H3. The van der Waals surface area contributed by atoms with Crippen LogP contribution in [-0.2, 0) is 19.5 Å². The number of nitro groups is 1. The molecule has 3 heterocycles. The highest BCUT2D eigenvalue weighted by molar-refractivity contribution is 6.03. The van der Waals surface area contributed by atoms with E-state index in [2.05, 4.69) is 9.72 Å². The number of alkyl halides is 3. The van der Waals surface area contributed by atoms with E-state index in [1.165, 1.54) is 22.9 Å². The van der Waals surface area contributed by atoms with Gasteiger partial charge in [-0.3, -0.25) is 9.36 Å². The number of nitrogens with zero attached hydrogens (tertiary/aromatic N) is 4. The summed E-state index contributed by atoms with van der Waals surface area (Å²) in [6.45, 7) is 2.90. The van der Waals surface area contributed by atoms with E-state index < -0.39 is 16.9 Å². The van der Waals surface area contributed by atoms with E-state index in [9.17, 15) is 28.1 Å². The number of hydrogen-bond donors (Lipinski definition) is 0. The number of halogens is 3. The second-order valence-electron chi connectivity index (χ2n) is 8.63. The fourth-order valence-electron chi connectivity index (χ4n) is 4.42. The van der Waals surface area contributed by atoms with Crippen LogP contribution in [0.4, 0.5) is 24.7 Å². The number of hydrogen-bond acceptors (Lipinski definition) is 7. The van der Waals surface area contributed by atoms with Crippen LogP contribution < -0.4 is 14.4 Å². The Morgan fingerprint density at radius 1 is 1.20 bits per heavy atom. The first-order chi connectivity index (χ1) is 16.5. The van der Waals surface area contributed by atoms with Crippen LogP contribution in [0, 0.1) is 10.1 Å². The van der Waals surface area contributed by atoms with Gasteiger partial charge in [0.2, 0.25) is 5.78 Å². The van der Waals surface area contributed by atoms with Crippen LogP contribution in [0.3, 0.4) is 0 Å². The number of ketones is 1. The minimum absolute atomic E-state index is 0.0350. The van der Waals surface area contributed by atoms with E-state index >= 15 is 0 Å². The summed E-state index contributed by atoms with van der Waals surface area (Å²) in [5.41, 5.74) is 2.00. The van der Waals surface area contributed by atoms with Crippen LogP contribution in [0.1, 0.15) is 28.4 Å². The Bertz CT molecular complexity index is 1300. The lowest BCUT2D eigenvalue weighted by molar-refractivity contribution is -0.389. The van der Waals surface area contributed by atoms with Gasteiger partial charge in [0.1, 0.15) is 11.9 Å². The van der Waals surface area contributed by atoms with Crippen molar-refractivity contribution in [3.8, 4) is 11.8 Å². The highest BCUT2D eigenvalue weighted by Gasteiger charge is 2.46. The number of ether oxygens (including phenoxy) is 2. The molecule has 0 bridgehead atoms. The van der Waals surface area contributed by atoms with Gasteiger partial charge in [-0.2, -0.15) is 0 Å². The minimum atomic E-state index is -4.74. The van der Waals surface area contributed by atoms with Gasteiger partial charge in [0.05, 0.1) is 6.54 Å². The Morgan fingerprint density at radius 2 is 1.94 bits per heavy atom. The van der Waals surface area contributed by atoms with Crippen LogP contribution in [-0.4, -0.2) is 38.8 Å². The van der Waals surface area contributed by atoms with Gasteiger partial charge in [0, 0.05) is 29.3 Å². The van der Waals surface area contributed by atoms with Crippen molar-refractivity contribution < 1.29 is 32.4 Å². The lowest BCUT2D eigenvalue weighted by Gasteiger charge is -2.31. The summed E-state index contributed by atoms with van der Waals surface area (Å²) in [6, 6.07) is 11.1. The molecule has 0 amide bonds. The van der Waals surface area contributed by atoms with Crippen molar-refractivity contribution in [2.24, 2.45) is 0 Å². The van der Waals surface area contributed by atoms with E-state index in [1.54, 1.807) is 25.1 Å². The molecule has 12 heteroatoms. The number of fused-ring (bicyclic) bond motifs is 2. The largest absolute Gasteiger partial charge is 0.573 e. The van der Waals surface area contributed by atoms with Crippen molar-refractivity contribution >= 4 is 17.3 Å². The van der Waals surface area contributed by atoms with Crippen LogP contribution in [0.15, 0.2) is 48.7 Å². The van der Waals surface area contributed by atoms with Gasteiger partial charge in [-0.15, -0.1) is 13.2 Å². The normalized spacial score (nSPS) is 19.0. The molecule has 1 unspecified atom stereocenters. The SMILES string of the molecule is CC1(C(=O)c2ccc3c(c2)CCN(c2ccc(OC(F)(F)F)cc2)C3)Cn2cc([N+](=O)[O-])nc2O1. The molecule has 2 aliphatic rings. The summed E-state index contributed by atoms with van der Waals surface area (Å²) in [6.07, 6.45) is -2.85. The van der Waals surface area contributed by atoms with Crippen molar-refractivity contribution in [1.82, 2.24) is 9.55 Å². The quantitative estimate of drug-likeness (QED) is 0.300. The van der Waals surface area contributed by atoms with Gasteiger partial charge < -0.3 is 24.5 Å². The molecule has 0 saturated heterocycles. The number of aromatic nitrogens is 2. The average molecular weight is 488 g/mol. The van der Waals surface area contributed by atoms with Crippen LogP contribution >= 0.6 is 0 Å². The second kappa shape index (κ2) is 8.00. The van der Waals surface area contributed by atoms with Crippen LogP contribution in [0.2, 0.25) is 0 Å². The number of rotatable bonds is 5. The number of anilines is 1. The molecule has 0 radical (unpaired) electrons. The number of benzene rings is 2. The molecule has 2 aliphatic heterocycles. The fourth-order valence-corrected chi connectivity index (χ4v) is 4.42. The first-order valence-electron chi connectivity index (χ1n) is 10.7. The molecule has 2 aromatic carbocycles. The molecule has 1 aromatic heterocycles. The fraction of sp³-hybridized carbons (Fsp3) is 0.304. The lowest BCUT2D eigenvalue weighted by atomic mass is 9.90. The van der Waals surface area contributed by atoms with E-state index in [4.69, 9.17) is 4.74 Å². The Labute approximate surface area is 196 Å². The average Bonchev–Trinajstić information content (AvgIpc) is 3.33. The van der Waals surface area contributed by atoms with Crippen LogP contribution in [0.5, 0.6) is 11.8 Å². The Balaban J connectivity index is 1.28.